The van der Waals surface area contributed by atoms with Crippen molar-refractivity contribution in [2.75, 3.05) is 6.54 Å². The number of rotatable bonds is 5. The van der Waals surface area contributed by atoms with Crippen molar-refractivity contribution in [3.63, 3.8) is 0 Å². The van der Waals surface area contributed by atoms with Crippen LogP contribution in [-0.4, -0.2) is 18.5 Å². The molecule has 6 heteroatoms. The molecule has 1 atom stereocenters. The highest BCUT2D eigenvalue weighted by Gasteiger charge is 2.34. The lowest BCUT2D eigenvalue weighted by Gasteiger charge is -2.12. The quantitative estimate of drug-likeness (QED) is 0.811. The van der Waals surface area contributed by atoms with Crippen LogP contribution < -0.4 is 11.1 Å². The summed E-state index contributed by atoms with van der Waals surface area (Å²) < 4.78 is 38.1. The second-order valence-corrected chi connectivity index (χ2v) is 4.42. The highest BCUT2D eigenvalue weighted by atomic mass is 19.4. The number of carbonyl (C=O) groups excluding carboxylic acids is 1. The molecule has 0 aliphatic heterocycles. The lowest BCUT2D eigenvalue weighted by atomic mass is 10.1. The van der Waals surface area contributed by atoms with Gasteiger partial charge in [-0.25, -0.2) is 0 Å². The monoisotopic (exact) mass is 274 g/mol. The Morgan fingerprint density at radius 3 is 2.58 bits per heavy atom. The average molecular weight is 274 g/mol. The lowest BCUT2D eigenvalue weighted by molar-refractivity contribution is -0.137. The summed E-state index contributed by atoms with van der Waals surface area (Å²) in [6.07, 6.45) is -3.18. The van der Waals surface area contributed by atoms with Gasteiger partial charge in [0.1, 0.15) is 0 Å². The molecule has 0 aromatic heterocycles. The van der Waals surface area contributed by atoms with E-state index in [0.29, 0.717) is 19.4 Å². The van der Waals surface area contributed by atoms with Gasteiger partial charge in [-0.15, -0.1) is 0 Å². The number of hydrogen-bond donors (Lipinski definition) is 2. The van der Waals surface area contributed by atoms with Crippen molar-refractivity contribution in [1.82, 2.24) is 5.32 Å². The van der Waals surface area contributed by atoms with Gasteiger partial charge in [0.05, 0.1) is 11.1 Å². The van der Waals surface area contributed by atoms with Gasteiger partial charge in [-0.2, -0.15) is 13.2 Å². The second-order valence-electron chi connectivity index (χ2n) is 4.42. The number of hydrogen-bond acceptors (Lipinski definition) is 2. The number of carbonyl (C=O) groups is 1. The number of benzene rings is 1. The number of nitrogens with two attached hydrogens (primary N) is 1. The van der Waals surface area contributed by atoms with Crippen molar-refractivity contribution in [1.29, 1.82) is 0 Å². The maximum absolute atomic E-state index is 12.7. The molecule has 1 unspecified atom stereocenters. The molecule has 3 nitrogen and oxygen atoms in total. The van der Waals surface area contributed by atoms with Gasteiger partial charge in [-0.3, -0.25) is 4.79 Å². The molecule has 0 saturated carbocycles. The molecule has 1 aromatic carbocycles. The van der Waals surface area contributed by atoms with Crippen LogP contribution in [0.1, 0.15) is 35.7 Å². The van der Waals surface area contributed by atoms with E-state index in [1.807, 2.05) is 6.92 Å². The van der Waals surface area contributed by atoms with Gasteiger partial charge in [-0.1, -0.05) is 12.1 Å². The first-order valence-electron chi connectivity index (χ1n) is 6.02. The summed E-state index contributed by atoms with van der Waals surface area (Å²) in [6, 6.07) is 4.75. The van der Waals surface area contributed by atoms with Crippen LogP contribution >= 0.6 is 0 Å². The second kappa shape index (κ2) is 6.56. The summed E-state index contributed by atoms with van der Waals surface area (Å²) in [5.74, 6) is -0.711. The molecule has 0 aliphatic rings. The smallest absolute Gasteiger partial charge is 0.352 e. The first-order chi connectivity index (χ1) is 8.82. The van der Waals surface area contributed by atoms with Crippen LogP contribution in [0.3, 0.4) is 0 Å². The van der Waals surface area contributed by atoms with E-state index in [0.717, 1.165) is 6.07 Å². The minimum absolute atomic E-state index is 0.0133. The predicted molar refractivity (Wildman–Crippen MR) is 66.7 cm³/mol. The topological polar surface area (TPSA) is 55.1 Å². The van der Waals surface area contributed by atoms with Crippen LogP contribution in [0, 0.1) is 0 Å². The van der Waals surface area contributed by atoms with Gasteiger partial charge in [-0.05, 0) is 31.9 Å². The third-order valence-electron chi connectivity index (χ3n) is 2.60. The molecule has 0 radical (unpaired) electrons. The molecule has 0 bridgehead atoms. The first-order valence-corrected chi connectivity index (χ1v) is 6.02. The van der Waals surface area contributed by atoms with Crippen LogP contribution in [0.4, 0.5) is 13.2 Å². The molecule has 0 spiro atoms. The Morgan fingerprint density at radius 1 is 1.37 bits per heavy atom. The van der Waals surface area contributed by atoms with Crippen LogP contribution in [0.25, 0.3) is 0 Å². The Labute approximate surface area is 110 Å². The molecule has 0 fully saturated rings. The van der Waals surface area contributed by atoms with E-state index in [2.05, 4.69) is 5.32 Å². The lowest BCUT2D eigenvalue weighted by Crippen LogP contribution is -2.28. The van der Waals surface area contributed by atoms with Gasteiger partial charge < -0.3 is 11.1 Å². The molecule has 0 aliphatic carbocycles. The van der Waals surface area contributed by atoms with Crippen molar-refractivity contribution in [2.24, 2.45) is 5.73 Å². The Kier molecular flexibility index (Phi) is 5.35. The molecule has 0 saturated heterocycles. The molecule has 1 aromatic rings. The van der Waals surface area contributed by atoms with E-state index in [1.54, 1.807) is 0 Å². The Balaban J connectivity index is 2.67. The summed E-state index contributed by atoms with van der Waals surface area (Å²) in [4.78, 5) is 11.7. The van der Waals surface area contributed by atoms with Gasteiger partial charge in [0.15, 0.2) is 0 Å². The zero-order chi connectivity index (χ0) is 14.5. The third-order valence-corrected chi connectivity index (χ3v) is 2.60. The minimum Gasteiger partial charge on any atom is -0.352 e. The van der Waals surface area contributed by atoms with Crippen molar-refractivity contribution in [3.05, 3.63) is 35.4 Å². The number of nitrogens with one attached hydrogen (secondary N) is 1. The maximum atomic E-state index is 12.7. The average Bonchev–Trinajstić information content (AvgIpc) is 2.33. The third kappa shape index (κ3) is 4.90. The van der Waals surface area contributed by atoms with Crippen molar-refractivity contribution in [2.45, 2.75) is 32.0 Å². The Hall–Kier alpha value is -1.56. The number of amides is 1. The zero-order valence-corrected chi connectivity index (χ0v) is 10.6. The Bertz CT molecular complexity index is 430. The molecule has 1 amide bonds. The molecule has 19 heavy (non-hydrogen) atoms. The van der Waals surface area contributed by atoms with Gasteiger partial charge >= 0.3 is 6.18 Å². The Morgan fingerprint density at radius 2 is 2.00 bits per heavy atom. The van der Waals surface area contributed by atoms with Crippen LogP contribution in [0.5, 0.6) is 0 Å². The summed E-state index contributed by atoms with van der Waals surface area (Å²) in [7, 11) is 0. The summed E-state index contributed by atoms with van der Waals surface area (Å²) in [5.41, 5.74) is 4.27. The minimum atomic E-state index is -4.53. The summed E-state index contributed by atoms with van der Waals surface area (Å²) in [5, 5.41) is 2.47. The van der Waals surface area contributed by atoms with E-state index >= 15 is 0 Å². The van der Waals surface area contributed by atoms with E-state index < -0.39 is 17.6 Å². The maximum Gasteiger partial charge on any atom is 0.417 e. The van der Waals surface area contributed by atoms with Crippen molar-refractivity contribution in [3.8, 4) is 0 Å². The van der Waals surface area contributed by atoms with E-state index in [4.69, 9.17) is 5.73 Å². The van der Waals surface area contributed by atoms with Crippen molar-refractivity contribution >= 4 is 5.91 Å². The van der Waals surface area contributed by atoms with Crippen LogP contribution in [-0.2, 0) is 6.18 Å². The highest BCUT2D eigenvalue weighted by molar-refractivity contribution is 5.95. The molecular weight excluding hydrogens is 257 g/mol. The highest BCUT2D eigenvalue weighted by Crippen LogP contribution is 2.31. The molecule has 3 N–H and O–H groups in total. The molecule has 0 heterocycles. The van der Waals surface area contributed by atoms with Crippen molar-refractivity contribution < 1.29 is 18.0 Å². The normalized spacial score (nSPS) is 13.1. The van der Waals surface area contributed by atoms with Gasteiger partial charge in [0.25, 0.3) is 5.91 Å². The predicted octanol–water partition coefficient (Wildman–Crippen LogP) is 2.56. The standard InChI is InChI=1S/C13H17F3N2O/c1-9(17)5-4-8-18-12(19)10-6-2-3-7-11(10)13(14,15)16/h2-3,6-7,9H,4-5,8,17H2,1H3,(H,18,19). The van der Waals surface area contributed by atoms with Gasteiger partial charge in [0.2, 0.25) is 0 Å². The molecule has 1 rings (SSSR count). The summed E-state index contributed by atoms with van der Waals surface area (Å²) in [6.45, 7) is 2.15. The summed E-state index contributed by atoms with van der Waals surface area (Å²) >= 11 is 0. The largest absolute Gasteiger partial charge is 0.417 e. The van der Waals surface area contributed by atoms with Gasteiger partial charge in [0, 0.05) is 12.6 Å². The van der Waals surface area contributed by atoms with Crippen LogP contribution in [0.2, 0.25) is 0 Å². The molecule has 106 valence electrons. The number of halogens is 3. The fourth-order valence-corrected chi connectivity index (χ4v) is 1.65. The SMILES string of the molecule is CC(N)CCCNC(=O)c1ccccc1C(F)(F)F. The van der Waals surface area contributed by atoms with Crippen LogP contribution in [0.15, 0.2) is 24.3 Å². The fraction of sp³-hybridized carbons (Fsp3) is 0.462. The number of alkyl halides is 3. The van der Waals surface area contributed by atoms with E-state index in [-0.39, 0.29) is 11.6 Å². The van der Waals surface area contributed by atoms with E-state index in [1.165, 1.54) is 18.2 Å². The van der Waals surface area contributed by atoms with E-state index in [9.17, 15) is 18.0 Å². The fourth-order valence-electron chi connectivity index (χ4n) is 1.65. The molecular formula is C13H17F3N2O. The zero-order valence-electron chi connectivity index (χ0n) is 10.6. The first kappa shape index (κ1) is 15.5.